The van der Waals surface area contributed by atoms with Crippen molar-refractivity contribution in [2.45, 2.75) is 38.5 Å². The van der Waals surface area contributed by atoms with E-state index in [4.69, 9.17) is 0 Å². The van der Waals surface area contributed by atoms with Gasteiger partial charge in [0.15, 0.2) is 0 Å². The summed E-state index contributed by atoms with van der Waals surface area (Å²) in [6.07, 6.45) is 4.74. The number of aliphatic carboxylic acids is 1. The van der Waals surface area contributed by atoms with Crippen LogP contribution in [-0.2, 0) is 20.8 Å². The first-order valence-electron chi connectivity index (χ1n) is 9.71. The quantitative estimate of drug-likeness (QED) is 0.830. The van der Waals surface area contributed by atoms with Gasteiger partial charge in [-0.3, -0.25) is 14.4 Å². The second kappa shape index (κ2) is 8.11. The maximum atomic E-state index is 13.1. The highest BCUT2D eigenvalue weighted by Crippen LogP contribution is 2.45. The Bertz CT molecular complexity index is 699. The van der Waals surface area contributed by atoms with Gasteiger partial charge in [0.2, 0.25) is 11.8 Å². The highest BCUT2D eigenvalue weighted by Gasteiger charge is 2.45. The molecule has 1 aromatic rings. The maximum absolute atomic E-state index is 13.1. The Balaban J connectivity index is 1.61. The number of amides is 2. The second-order valence-corrected chi connectivity index (χ2v) is 7.97. The van der Waals surface area contributed by atoms with Crippen LogP contribution in [0.4, 0.5) is 0 Å². The van der Waals surface area contributed by atoms with Gasteiger partial charge in [0.05, 0.1) is 17.9 Å². The normalized spacial score (nSPS) is 21.2. The molecule has 1 aliphatic carbocycles. The largest absolute Gasteiger partial charge is 0.481 e. The summed E-state index contributed by atoms with van der Waals surface area (Å²) >= 11 is 0. The van der Waals surface area contributed by atoms with E-state index in [1.54, 1.807) is 11.9 Å². The summed E-state index contributed by atoms with van der Waals surface area (Å²) in [4.78, 5) is 40.0. The molecule has 1 aliphatic heterocycles. The smallest absolute Gasteiger partial charge is 0.308 e. The van der Waals surface area contributed by atoms with Crippen molar-refractivity contribution >= 4 is 17.8 Å². The van der Waals surface area contributed by atoms with E-state index in [0.29, 0.717) is 25.8 Å². The molecule has 6 nitrogen and oxygen atoms in total. The number of hydrogen-bond donors (Lipinski definition) is 1. The van der Waals surface area contributed by atoms with Crippen LogP contribution in [0.1, 0.15) is 37.7 Å². The first-order chi connectivity index (χ1) is 12.9. The molecule has 0 radical (unpaired) electrons. The number of carboxylic acids is 1. The molecule has 27 heavy (non-hydrogen) atoms. The molecule has 1 aromatic carbocycles. The summed E-state index contributed by atoms with van der Waals surface area (Å²) in [6.45, 7) is 0.826. The van der Waals surface area contributed by atoms with Crippen molar-refractivity contribution < 1.29 is 19.5 Å². The molecule has 2 aliphatic rings. The Morgan fingerprint density at radius 1 is 1.19 bits per heavy atom. The van der Waals surface area contributed by atoms with Gasteiger partial charge in [0.1, 0.15) is 0 Å². The number of nitrogens with zero attached hydrogens (tertiary/aromatic N) is 2. The fourth-order valence-corrected chi connectivity index (χ4v) is 4.24. The molecule has 0 bridgehead atoms. The maximum Gasteiger partial charge on any atom is 0.308 e. The lowest BCUT2D eigenvalue weighted by Crippen LogP contribution is -2.52. The van der Waals surface area contributed by atoms with Crippen molar-refractivity contribution in [1.29, 1.82) is 0 Å². The summed E-state index contributed by atoms with van der Waals surface area (Å²) in [5.74, 6) is -1.49. The van der Waals surface area contributed by atoms with Gasteiger partial charge in [-0.05, 0) is 37.7 Å². The Morgan fingerprint density at radius 3 is 2.48 bits per heavy atom. The number of hydrogen-bond acceptors (Lipinski definition) is 3. The number of likely N-dealkylation sites (tertiary alicyclic amines) is 1. The minimum atomic E-state index is -0.854. The number of likely N-dealkylation sites (N-methyl/N-ethyl adjacent to an activating group) is 1. The van der Waals surface area contributed by atoms with Gasteiger partial charge in [-0.2, -0.15) is 0 Å². The van der Waals surface area contributed by atoms with Gasteiger partial charge >= 0.3 is 5.97 Å². The highest BCUT2D eigenvalue weighted by molar-refractivity contribution is 5.88. The van der Waals surface area contributed by atoms with Crippen molar-refractivity contribution in [3.63, 3.8) is 0 Å². The summed E-state index contributed by atoms with van der Waals surface area (Å²) in [6, 6.07) is 10.0. The van der Waals surface area contributed by atoms with E-state index in [2.05, 4.69) is 0 Å². The number of carbonyl (C=O) groups is 3. The minimum absolute atomic E-state index is 0.0156. The average molecular weight is 372 g/mol. The van der Waals surface area contributed by atoms with E-state index >= 15 is 0 Å². The SMILES string of the molecule is CN(CC(=O)N1CCCC(C(=O)O)C1)C(=O)C1(Cc2ccccc2)CCC1. The van der Waals surface area contributed by atoms with Crippen molar-refractivity contribution in [2.24, 2.45) is 11.3 Å². The molecule has 1 saturated heterocycles. The van der Waals surface area contributed by atoms with Crippen LogP contribution >= 0.6 is 0 Å². The first kappa shape index (κ1) is 19.4. The van der Waals surface area contributed by atoms with Gasteiger partial charge in [0.25, 0.3) is 0 Å². The molecule has 3 rings (SSSR count). The van der Waals surface area contributed by atoms with Crippen molar-refractivity contribution in [3.05, 3.63) is 35.9 Å². The molecule has 146 valence electrons. The molecule has 1 unspecified atom stereocenters. The number of carbonyl (C=O) groups excluding carboxylic acids is 2. The molecule has 1 saturated carbocycles. The van der Waals surface area contributed by atoms with Crippen molar-refractivity contribution in [2.75, 3.05) is 26.7 Å². The molecular formula is C21H28N2O4. The van der Waals surface area contributed by atoms with Gasteiger partial charge < -0.3 is 14.9 Å². The van der Waals surface area contributed by atoms with E-state index in [1.165, 1.54) is 4.90 Å². The lowest BCUT2D eigenvalue weighted by Gasteiger charge is -2.43. The molecule has 2 fully saturated rings. The Morgan fingerprint density at radius 2 is 1.89 bits per heavy atom. The van der Waals surface area contributed by atoms with Gasteiger partial charge in [-0.15, -0.1) is 0 Å². The molecule has 0 spiro atoms. The zero-order valence-electron chi connectivity index (χ0n) is 15.9. The zero-order valence-corrected chi connectivity index (χ0v) is 15.9. The summed E-state index contributed by atoms with van der Waals surface area (Å²) in [5.41, 5.74) is 0.743. The van der Waals surface area contributed by atoms with E-state index in [9.17, 15) is 19.5 Å². The Hall–Kier alpha value is -2.37. The lowest BCUT2D eigenvalue weighted by molar-refractivity contribution is -0.152. The Kier molecular flexibility index (Phi) is 5.82. The van der Waals surface area contributed by atoms with E-state index in [1.807, 2.05) is 30.3 Å². The van der Waals surface area contributed by atoms with Gasteiger partial charge in [-0.25, -0.2) is 0 Å². The van der Waals surface area contributed by atoms with E-state index in [-0.39, 0.29) is 24.9 Å². The molecule has 0 aromatic heterocycles. The molecule has 1 N–H and O–H groups in total. The van der Waals surface area contributed by atoms with Crippen LogP contribution in [0.3, 0.4) is 0 Å². The van der Waals surface area contributed by atoms with E-state index < -0.39 is 17.3 Å². The molecule has 1 atom stereocenters. The topological polar surface area (TPSA) is 77.9 Å². The Labute approximate surface area is 160 Å². The standard InChI is InChI=1S/C21H28N2O4/c1-22(15-18(24)23-12-5-9-17(14-23)19(25)26)20(27)21(10-6-11-21)13-16-7-3-2-4-8-16/h2-4,7-8,17H,5-6,9-15H2,1H3,(H,25,26). The predicted octanol–water partition coefficient (Wildman–Crippen LogP) is 2.18. The van der Waals surface area contributed by atoms with Crippen LogP contribution in [0, 0.1) is 11.3 Å². The minimum Gasteiger partial charge on any atom is -0.481 e. The zero-order chi connectivity index (χ0) is 19.4. The van der Waals surface area contributed by atoms with Gasteiger partial charge in [-0.1, -0.05) is 36.8 Å². The third-order valence-corrected chi connectivity index (χ3v) is 5.99. The van der Waals surface area contributed by atoms with Crippen LogP contribution in [0.2, 0.25) is 0 Å². The van der Waals surface area contributed by atoms with Crippen LogP contribution < -0.4 is 0 Å². The number of rotatable bonds is 6. The first-order valence-corrected chi connectivity index (χ1v) is 9.71. The van der Waals surface area contributed by atoms with E-state index in [0.717, 1.165) is 24.8 Å². The fraction of sp³-hybridized carbons (Fsp3) is 0.571. The van der Waals surface area contributed by atoms with Crippen LogP contribution in [0.25, 0.3) is 0 Å². The molecule has 6 heteroatoms. The molecular weight excluding hydrogens is 344 g/mol. The second-order valence-electron chi connectivity index (χ2n) is 7.97. The molecule has 2 amide bonds. The number of piperidine rings is 1. The molecule has 1 heterocycles. The summed E-state index contributed by atoms with van der Waals surface area (Å²) in [5, 5.41) is 9.19. The number of benzene rings is 1. The van der Waals surface area contributed by atoms with Crippen LogP contribution in [0.15, 0.2) is 30.3 Å². The van der Waals surface area contributed by atoms with Crippen LogP contribution in [0.5, 0.6) is 0 Å². The fourth-order valence-electron chi connectivity index (χ4n) is 4.24. The highest BCUT2D eigenvalue weighted by atomic mass is 16.4. The predicted molar refractivity (Wildman–Crippen MR) is 101 cm³/mol. The van der Waals surface area contributed by atoms with Crippen molar-refractivity contribution in [3.8, 4) is 0 Å². The third-order valence-electron chi connectivity index (χ3n) is 5.99. The average Bonchev–Trinajstić information content (AvgIpc) is 2.65. The van der Waals surface area contributed by atoms with Crippen LogP contribution in [-0.4, -0.2) is 59.4 Å². The lowest BCUT2D eigenvalue weighted by atomic mass is 9.64. The monoisotopic (exact) mass is 372 g/mol. The van der Waals surface area contributed by atoms with Crippen molar-refractivity contribution in [1.82, 2.24) is 9.80 Å². The third kappa shape index (κ3) is 4.31. The summed E-state index contributed by atoms with van der Waals surface area (Å²) < 4.78 is 0. The van der Waals surface area contributed by atoms with Gasteiger partial charge in [0, 0.05) is 20.1 Å². The summed E-state index contributed by atoms with van der Waals surface area (Å²) in [7, 11) is 1.68. The number of carboxylic acid groups (broad SMARTS) is 1.